The molecule has 0 amide bonds. The maximum absolute atomic E-state index is 12.2. The molecule has 1 heterocycles. The average molecular weight is 300 g/mol. The van der Waals surface area contributed by atoms with Gasteiger partial charge < -0.3 is 24.8 Å². The van der Waals surface area contributed by atoms with E-state index in [2.05, 4.69) is 0 Å². The van der Waals surface area contributed by atoms with E-state index in [4.69, 9.17) is 9.47 Å². The van der Waals surface area contributed by atoms with Crippen LogP contribution in [0.3, 0.4) is 0 Å². The fourth-order valence-electron chi connectivity index (χ4n) is 2.25. The number of hydrogen-bond donors (Lipinski definition) is 3. The van der Waals surface area contributed by atoms with Crippen molar-refractivity contribution < 1.29 is 29.6 Å². The van der Waals surface area contributed by atoms with Crippen molar-refractivity contribution >= 4 is 11.5 Å². The molecule has 0 spiro atoms. The lowest BCUT2D eigenvalue weighted by Gasteiger charge is -2.11. The Kier molecular flexibility index (Phi) is 3.14. The molecule has 0 saturated heterocycles. The molecule has 22 heavy (non-hydrogen) atoms. The molecule has 112 valence electrons. The molecular formula is C16H12O6. The topological polar surface area (TPSA) is 96.2 Å². The van der Waals surface area contributed by atoms with Crippen molar-refractivity contribution in [1.29, 1.82) is 0 Å². The Morgan fingerprint density at radius 1 is 1.14 bits per heavy atom. The number of phenols is 2. The first-order valence-corrected chi connectivity index (χ1v) is 6.38. The van der Waals surface area contributed by atoms with E-state index in [9.17, 15) is 20.1 Å². The molecule has 1 aliphatic rings. The number of methoxy groups -OCH3 is 1. The van der Waals surface area contributed by atoms with Gasteiger partial charge in [-0.05, 0) is 24.3 Å². The Hall–Kier alpha value is -3.15. The molecule has 0 saturated carbocycles. The zero-order valence-electron chi connectivity index (χ0n) is 11.5. The van der Waals surface area contributed by atoms with Crippen molar-refractivity contribution in [3.05, 3.63) is 53.3 Å². The minimum Gasteiger partial charge on any atom is -0.504 e. The summed E-state index contributed by atoms with van der Waals surface area (Å²) < 4.78 is 10.2. The first-order valence-electron chi connectivity index (χ1n) is 6.38. The number of fused-ring (bicyclic) bond motifs is 1. The van der Waals surface area contributed by atoms with Crippen LogP contribution in [-0.4, -0.2) is 28.2 Å². The van der Waals surface area contributed by atoms with Crippen LogP contribution < -0.4 is 9.47 Å². The minimum absolute atomic E-state index is 0.0780. The van der Waals surface area contributed by atoms with Gasteiger partial charge >= 0.3 is 0 Å². The monoisotopic (exact) mass is 300 g/mol. The normalized spacial score (nSPS) is 15.2. The van der Waals surface area contributed by atoms with Crippen molar-refractivity contribution in [1.82, 2.24) is 0 Å². The lowest BCUT2D eigenvalue weighted by atomic mass is 10.1. The van der Waals surface area contributed by atoms with Crippen molar-refractivity contribution in [2.75, 3.05) is 7.11 Å². The molecular weight excluding hydrogens is 288 g/mol. The Labute approximate surface area is 125 Å². The summed E-state index contributed by atoms with van der Waals surface area (Å²) in [6, 6.07) is 9.06. The summed E-state index contributed by atoms with van der Waals surface area (Å²) in [5, 5.41) is 29.9. The maximum Gasteiger partial charge on any atom is 0.235 e. The summed E-state index contributed by atoms with van der Waals surface area (Å²) in [4.78, 5) is 12.2. The molecule has 3 rings (SSSR count). The number of ketones is 1. The van der Waals surface area contributed by atoms with Gasteiger partial charge in [-0.25, -0.2) is 0 Å². The number of Topliss-reactive ketones (excluding diaryl/α,β-unsaturated/α-hetero) is 1. The fraction of sp³-hybridized carbons (Fsp3) is 0.0625. The van der Waals surface area contributed by atoms with Crippen LogP contribution >= 0.6 is 0 Å². The molecule has 0 radical (unpaired) electrons. The molecule has 0 aliphatic carbocycles. The second-order valence-electron chi connectivity index (χ2n) is 4.62. The largest absolute Gasteiger partial charge is 0.504 e. The number of para-hydroxylation sites is 1. The van der Waals surface area contributed by atoms with Gasteiger partial charge in [0.25, 0.3) is 0 Å². The maximum atomic E-state index is 12.2. The third-order valence-corrected chi connectivity index (χ3v) is 3.33. The average Bonchev–Trinajstić information content (AvgIpc) is 2.85. The lowest BCUT2D eigenvalue weighted by Crippen LogP contribution is -2.03. The van der Waals surface area contributed by atoms with Gasteiger partial charge in [-0.15, -0.1) is 0 Å². The van der Waals surface area contributed by atoms with Crippen LogP contribution in [0.15, 0.2) is 42.2 Å². The highest BCUT2D eigenvalue weighted by Crippen LogP contribution is 2.42. The van der Waals surface area contributed by atoms with Gasteiger partial charge in [0, 0.05) is 0 Å². The minimum atomic E-state index is -0.531. The molecule has 0 bridgehead atoms. The van der Waals surface area contributed by atoms with E-state index >= 15 is 0 Å². The zero-order valence-corrected chi connectivity index (χ0v) is 11.5. The summed E-state index contributed by atoms with van der Waals surface area (Å²) >= 11 is 0. The smallest absolute Gasteiger partial charge is 0.235 e. The van der Waals surface area contributed by atoms with Crippen molar-refractivity contribution in [3.8, 4) is 23.0 Å². The van der Waals surface area contributed by atoms with Gasteiger partial charge in [0.1, 0.15) is 5.75 Å². The van der Waals surface area contributed by atoms with Gasteiger partial charge in [-0.1, -0.05) is 12.1 Å². The summed E-state index contributed by atoms with van der Waals surface area (Å²) in [5.41, 5.74) is 0.250. The molecule has 0 fully saturated rings. The number of benzene rings is 2. The van der Waals surface area contributed by atoms with Gasteiger partial charge in [0.05, 0.1) is 18.2 Å². The van der Waals surface area contributed by atoms with Gasteiger partial charge in [-0.3, -0.25) is 4.79 Å². The summed E-state index contributed by atoms with van der Waals surface area (Å²) in [5.74, 6) is -1.95. The van der Waals surface area contributed by atoms with Crippen LogP contribution in [0.4, 0.5) is 0 Å². The molecule has 0 unspecified atom stereocenters. The molecule has 2 aromatic carbocycles. The Morgan fingerprint density at radius 2 is 1.86 bits per heavy atom. The zero-order chi connectivity index (χ0) is 15.9. The Morgan fingerprint density at radius 3 is 2.55 bits per heavy atom. The molecule has 0 aromatic heterocycles. The number of aliphatic hydroxyl groups excluding tert-OH is 1. The highest BCUT2D eigenvalue weighted by molar-refractivity contribution is 6.15. The van der Waals surface area contributed by atoms with Gasteiger partial charge in [0.2, 0.25) is 17.3 Å². The number of phenolic OH excluding ortho intramolecular Hbond substituents is 2. The third kappa shape index (κ3) is 1.93. The summed E-state index contributed by atoms with van der Waals surface area (Å²) in [7, 11) is 1.26. The predicted octanol–water partition coefficient (Wildman–Crippen LogP) is 2.61. The van der Waals surface area contributed by atoms with E-state index in [1.807, 2.05) is 0 Å². The number of hydrogen-bond acceptors (Lipinski definition) is 6. The van der Waals surface area contributed by atoms with E-state index in [-0.39, 0.29) is 22.8 Å². The van der Waals surface area contributed by atoms with E-state index in [1.165, 1.54) is 19.2 Å². The molecule has 3 N–H and O–H groups in total. The summed E-state index contributed by atoms with van der Waals surface area (Å²) in [6.45, 7) is 0. The van der Waals surface area contributed by atoms with Crippen LogP contribution in [0.2, 0.25) is 0 Å². The summed E-state index contributed by atoms with van der Waals surface area (Å²) in [6.07, 6.45) is 0. The third-order valence-electron chi connectivity index (χ3n) is 3.33. The van der Waals surface area contributed by atoms with E-state index in [0.717, 1.165) is 0 Å². The lowest BCUT2D eigenvalue weighted by molar-refractivity contribution is 0.101. The highest BCUT2D eigenvalue weighted by Gasteiger charge is 2.32. The fourth-order valence-corrected chi connectivity index (χ4v) is 2.25. The van der Waals surface area contributed by atoms with Gasteiger partial charge in [0.15, 0.2) is 17.3 Å². The van der Waals surface area contributed by atoms with E-state index < -0.39 is 17.3 Å². The Bertz CT molecular complexity index is 806. The molecule has 6 nitrogen and oxygen atoms in total. The number of rotatable bonds is 2. The van der Waals surface area contributed by atoms with Crippen LogP contribution in [0.1, 0.15) is 15.9 Å². The molecule has 2 aromatic rings. The number of allylic oxidation sites excluding steroid dienone is 1. The van der Waals surface area contributed by atoms with Crippen LogP contribution in [0, 0.1) is 0 Å². The van der Waals surface area contributed by atoms with Crippen LogP contribution in [-0.2, 0) is 0 Å². The number of aliphatic hydroxyl groups is 1. The van der Waals surface area contributed by atoms with E-state index in [1.54, 1.807) is 24.3 Å². The molecule has 1 aliphatic heterocycles. The number of carbonyl (C=O) groups excluding carboxylic acids is 1. The predicted molar refractivity (Wildman–Crippen MR) is 77.3 cm³/mol. The van der Waals surface area contributed by atoms with E-state index in [0.29, 0.717) is 11.3 Å². The van der Waals surface area contributed by atoms with Crippen molar-refractivity contribution in [3.63, 3.8) is 0 Å². The first kappa shape index (κ1) is 13.8. The van der Waals surface area contributed by atoms with Crippen LogP contribution in [0.5, 0.6) is 23.0 Å². The van der Waals surface area contributed by atoms with Crippen molar-refractivity contribution in [2.45, 2.75) is 0 Å². The number of ether oxygens (including phenoxy) is 2. The quantitative estimate of drug-likeness (QED) is 0.583. The van der Waals surface area contributed by atoms with Gasteiger partial charge in [-0.2, -0.15) is 0 Å². The van der Waals surface area contributed by atoms with Crippen LogP contribution in [0.25, 0.3) is 5.76 Å². The second-order valence-corrected chi connectivity index (χ2v) is 4.62. The Balaban J connectivity index is 2.13. The number of carbonyl (C=O) groups is 1. The molecule has 6 heteroatoms. The standard InChI is InChI=1S/C16H12O6/c1-21-15-10(17)7-6-9(13(15)19)14(20)16-12(18)8-4-2-3-5-11(8)22-16/h2-7,17,19-20H,1H3/b16-14+. The first-order chi connectivity index (χ1) is 10.5. The number of aromatic hydroxyl groups is 2. The highest BCUT2D eigenvalue weighted by atomic mass is 16.5. The SMILES string of the molecule is COc1c(O)ccc(/C(O)=C2\Oc3ccccc3C2=O)c1O. The second kappa shape index (κ2) is 5.00. The van der Waals surface area contributed by atoms with Crippen molar-refractivity contribution in [2.24, 2.45) is 0 Å². The molecule has 0 atom stereocenters.